The second-order valence-corrected chi connectivity index (χ2v) is 5.03. The van der Waals surface area contributed by atoms with Crippen molar-refractivity contribution in [1.29, 1.82) is 0 Å². The predicted molar refractivity (Wildman–Crippen MR) is 77.8 cm³/mol. The molecular formula is C14H17FN4O2. The number of nitrogens with one attached hydrogen (secondary N) is 1. The molecule has 6 nitrogen and oxygen atoms in total. The molecule has 1 N–H and O–H groups in total. The van der Waals surface area contributed by atoms with Crippen molar-refractivity contribution in [2.45, 2.75) is 26.8 Å². The maximum absolute atomic E-state index is 13.4. The van der Waals surface area contributed by atoms with E-state index in [9.17, 15) is 14.5 Å². The zero-order valence-corrected chi connectivity index (χ0v) is 12.3. The molecule has 2 rings (SSSR count). The van der Waals surface area contributed by atoms with E-state index in [-0.39, 0.29) is 11.7 Å². The van der Waals surface area contributed by atoms with Gasteiger partial charge in [-0.3, -0.25) is 14.8 Å². The van der Waals surface area contributed by atoms with Crippen LogP contribution < -0.4 is 5.32 Å². The highest BCUT2D eigenvalue weighted by Crippen LogP contribution is 2.27. The van der Waals surface area contributed by atoms with Gasteiger partial charge in [0, 0.05) is 30.1 Å². The third-order valence-corrected chi connectivity index (χ3v) is 3.47. The molecule has 0 aliphatic carbocycles. The summed E-state index contributed by atoms with van der Waals surface area (Å²) in [5.41, 5.74) is 2.98. The van der Waals surface area contributed by atoms with Gasteiger partial charge in [-0.1, -0.05) is 0 Å². The van der Waals surface area contributed by atoms with Gasteiger partial charge in [0.15, 0.2) is 0 Å². The highest BCUT2D eigenvalue weighted by atomic mass is 19.1. The molecular weight excluding hydrogens is 275 g/mol. The quantitative estimate of drug-likeness (QED) is 0.693. The van der Waals surface area contributed by atoms with Crippen LogP contribution in [0.1, 0.15) is 29.9 Å². The first-order valence-corrected chi connectivity index (χ1v) is 6.51. The van der Waals surface area contributed by atoms with Crippen LogP contribution in [-0.2, 0) is 7.05 Å². The van der Waals surface area contributed by atoms with Crippen molar-refractivity contribution in [3.8, 4) is 0 Å². The van der Waals surface area contributed by atoms with Crippen LogP contribution in [0.2, 0.25) is 0 Å². The molecule has 1 aromatic carbocycles. The van der Waals surface area contributed by atoms with Crippen LogP contribution in [0.25, 0.3) is 0 Å². The summed E-state index contributed by atoms with van der Waals surface area (Å²) in [6, 6.07) is 3.32. The highest BCUT2D eigenvalue weighted by Gasteiger charge is 2.17. The molecule has 0 amide bonds. The number of nitro groups is 1. The summed E-state index contributed by atoms with van der Waals surface area (Å²) in [5, 5.41) is 18.2. The lowest BCUT2D eigenvalue weighted by Crippen LogP contribution is -2.09. The molecule has 7 heteroatoms. The summed E-state index contributed by atoms with van der Waals surface area (Å²) in [7, 11) is 1.85. The van der Waals surface area contributed by atoms with Crippen molar-refractivity contribution in [3.05, 3.63) is 51.1 Å². The Balaban J connectivity index is 2.31. The largest absolute Gasteiger partial charge is 0.378 e. The zero-order chi connectivity index (χ0) is 15.7. The van der Waals surface area contributed by atoms with Crippen molar-refractivity contribution >= 4 is 11.4 Å². The van der Waals surface area contributed by atoms with E-state index in [0.717, 1.165) is 23.0 Å². The fraction of sp³-hybridized carbons (Fsp3) is 0.357. The fourth-order valence-electron chi connectivity index (χ4n) is 2.50. The molecule has 0 spiro atoms. The summed E-state index contributed by atoms with van der Waals surface area (Å²) in [6.07, 6.45) is 0. The first-order valence-electron chi connectivity index (χ1n) is 6.51. The Morgan fingerprint density at radius 1 is 1.38 bits per heavy atom. The Morgan fingerprint density at radius 3 is 2.57 bits per heavy atom. The average Bonchev–Trinajstić information content (AvgIpc) is 2.62. The molecule has 0 aliphatic heterocycles. The third-order valence-electron chi connectivity index (χ3n) is 3.47. The van der Waals surface area contributed by atoms with Crippen molar-refractivity contribution in [2.75, 3.05) is 5.32 Å². The SMILES string of the molecule is Cc1nn(C)c(C)c1C(C)Nc1cc(F)cc([N+](=O)[O-])c1. The number of rotatable bonds is 4. The summed E-state index contributed by atoms with van der Waals surface area (Å²) in [4.78, 5) is 10.2. The molecule has 0 fully saturated rings. The number of non-ortho nitro benzene ring substituents is 1. The van der Waals surface area contributed by atoms with E-state index in [0.29, 0.717) is 5.69 Å². The second-order valence-electron chi connectivity index (χ2n) is 5.03. The van der Waals surface area contributed by atoms with Crippen molar-refractivity contribution < 1.29 is 9.31 Å². The standard InChI is InChI=1S/C14H17FN4O2/c1-8(14-9(2)17-18(4)10(14)3)16-12-5-11(15)6-13(7-12)19(20)21/h5-8,16H,1-4H3. The van der Waals surface area contributed by atoms with Crippen LogP contribution in [0.3, 0.4) is 0 Å². The first kappa shape index (κ1) is 15.0. The molecule has 112 valence electrons. The summed E-state index contributed by atoms with van der Waals surface area (Å²) < 4.78 is 15.2. The lowest BCUT2D eigenvalue weighted by atomic mass is 10.1. The van der Waals surface area contributed by atoms with Crippen LogP contribution in [0.15, 0.2) is 18.2 Å². The van der Waals surface area contributed by atoms with Gasteiger partial charge in [-0.05, 0) is 26.8 Å². The minimum absolute atomic E-state index is 0.139. The number of nitro benzene ring substituents is 1. The van der Waals surface area contributed by atoms with Gasteiger partial charge in [-0.25, -0.2) is 4.39 Å². The van der Waals surface area contributed by atoms with E-state index < -0.39 is 10.7 Å². The summed E-state index contributed by atoms with van der Waals surface area (Å²) in [6.45, 7) is 5.75. The molecule has 1 aromatic heterocycles. The second kappa shape index (κ2) is 5.51. The Bertz CT molecular complexity index is 697. The molecule has 0 saturated carbocycles. The molecule has 0 saturated heterocycles. The lowest BCUT2D eigenvalue weighted by molar-refractivity contribution is -0.385. The number of nitrogens with zero attached hydrogens (tertiary/aromatic N) is 3. The fourth-order valence-corrected chi connectivity index (χ4v) is 2.50. The highest BCUT2D eigenvalue weighted by molar-refractivity contribution is 5.53. The predicted octanol–water partition coefficient (Wildman–Crippen LogP) is 3.26. The molecule has 2 aromatic rings. The smallest absolute Gasteiger partial charge is 0.274 e. The monoisotopic (exact) mass is 292 g/mol. The van der Waals surface area contributed by atoms with E-state index in [1.165, 1.54) is 12.1 Å². The minimum Gasteiger partial charge on any atom is -0.378 e. The van der Waals surface area contributed by atoms with Crippen LogP contribution in [0, 0.1) is 29.8 Å². The van der Waals surface area contributed by atoms with Crippen LogP contribution >= 0.6 is 0 Å². The number of hydrogen-bond donors (Lipinski definition) is 1. The van der Waals surface area contributed by atoms with Gasteiger partial charge >= 0.3 is 0 Å². The van der Waals surface area contributed by atoms with Crippen molar-refractivity contribution in [3.63, 3.8) is 0 Å². The molecule has 0 radical (unpaired) electrons. The van der Waals surface area contributed by atoms with E-state index >= 15 is 0 Å². The molecule has 1 unspecified atom stereocenters. The number of halogens is 1. The van der Waals surface area contributed by atoms with Gasteiger partial charge < -0.3 is 5.32 Å². The maximum Gasteiger partial charge on any atom is 0.274 e. The van der Waals surface area contributed by atoms with Gasteiger partial charge in [0.1, 0.15) is 5.82 Å². The third kappa shape index (κ3) is 3.01. The normalized spacial score (nSPS) is 12.2. The van der Waals surface area contributed by atoms with Gasteiger partial charge in [0.25, 0.3) is 5.69 Å². The minimum atomic E-state index is -0.640. The number of aromatic nitrogens is 2. The zero-order valence-electron chi connectivity index (χ0n) is 12.3. The van der Waals surface area contributed by atoms with E-state index in [1.807, 2.05) is 27.8 Å². The Kier molecular flexibility index (Phi) is 3.93. The molecule has 1 heterocycles. The van der Waals surface area contributed by atoms with Crippen molar-refractivity contribution in [1.82, 2.24) is 9.78 Å². The number of anilines is 1. The molecule has 1 atom stereocenters. The van der Waals surface area contributed by atoms with Crippen LogP contribution in [0.4, 0.5) is 15.8 Å². The number of benzene rings is 1. The van der Waals surface area contributed by atoms with E-state index in [1.54, 1.807) is 4.68 Å². The summed E-state index contributed by atoms with van der Waals surface area (Å²) in [5.74, 6) is -0.640. The van der Waals surface area contributed by atoms with E-state index in [2.05, 4.69) is 10.4 Å². The Hall–Kier alpha value is -2.44. The van der Waals surface area contributed by atoms with Crippen LogP contribution in [-0.4, -0.2) is 14.7 Å². The van der Waals surface area contributed by atoms with Crippen LogP contribution in [0.5, 0.6) is 0 Å². The van der Waals surface area contributed by atoms with Gasteiger partial charge in [0.2, 0.25) is 0 Å². The maximum atomic E-state index is 13.4. The molecule has 0 aliphatic rings. The van der Waals surface area contributed by atoms with E-state index in [4.69, 9.17) is 0 Å². The first-order chi connectivity index (χ1) is 9.79. The Morgan fingerprint density at radius 2 is 2.05 bits per heavy atom. The van der Waals surface area contributed by atoms with Gasteiger partial charge in [-0.2, -0.15) is 5.10 Å². The average molecular weight is 292 g/mol. The lowest BCUT2D eigenvalue weighted by Gasteiger charge is -2.16. The molecule has 0 bridgehead atoms. The van der Waals surface area contributed by atoms with Crippen molar-refractivity contribution in [2.24, 2.45) is 7.05 Å². The van der Waals surface area contributed by atoms with Gasteiger partial charge in [0.05, 0.1) is 22.7 Å². The Labute approximate surface area is 121 Å². The topological polar surface area (TPSA) is 73.0 Å². The number of hydrogen-bond acceptors (Lipinski definition) is 4. The van der Waals surface area contributed by atoms with Gasteiger partial charge in [-0.15, -0.1) is 0 Å². The summed E-state index contributed by atoms with van der Waals surface area (Å²) >= 11 is 0. The molecule has 21 heavy (non-hydrogen) atoms. The number of aryl methyl sites for hydroxylation is 2.